The topological polar surface area (TPSA) is 67.0 Å². The van der Waals surface area contributed by atoms with Gasteiger partial charge < -0.3 is 10.1 Å². The molecule has 2 aromatic rings. The Hall–Kier alpha value is -1.88. The maximum Gasteiger partial charge on any atom is 0.253 e. The van der Waals surface area contributed by atoms with E-state index in [-0.39, 0.29) is 5.91 Å². The lowest BCUT2D eigenvalue weighted by molar-refractivity contribution is 0.0946. The van der Waals surface area contributed by atoms with Crippen molar-refractivity contribution in [3.8, 4) is 0 Å². The molecule has 3 rings (SSSR count). The van der Waals surface area contributed by atoms with Crippen molar-refractivity contribution in [1.82, 2.24) is 15.5 Å². The predicted molar refractivity (Wildman–Crippen MR) is 67.4 cm³/mol. The Balaban J connectivity index is 1.73. The quantitative estimate of drug-likeness (QED) is 0.857. The highest BCUT2D eigenvalue weighted by Crippen LogP contribution is 2.16. The number of fused-ring (bicyclic) bond motifs is 1. The van der Waals surface area contributed by atoms with E-state index in [0.29, 0.717) is 18.0 Å². The van der Waals surface area contributed by atoms with Gasteiger partial charge in [0, 0.05) is 24.5 Å². The summed E-state index contributed by atoms with van der Waals surface area (Å²) in [5, 5.41) is 10.7. The second-order valence-corrected chi connectivity index (χ2v) is 4.58. The molecule has 1 aliphatic rings. The van der Waals surface area contributed by atoms with Gasteiger partial charge in [0.1, 0.15) is 0 Å². The van der Waals surface area contributed by atoms with E-state index in [4.69, 9.17) is 4.74 Å². The van der Waals surface area contributed by atoms with Crippen LogP contribution in [0.1, 0.15) is 16.8 Å². The fourth-order valence-corrected chi connectivity index (χ4v) is 2.23. The van der Waals surface area contributed by atoms with Crippen LogP contribution in [0.25, 0.3) is 10.9 Å². The molecule has 0 radical (unpaired) electrons. The number of nitrogens with one attached hydrogen (secondary N) is 2. The minimum Gasteiger partial charge on any atom is -0.381 e. The molecular formula is C13H15N3O2. The Bertz CT molecular complexity index is 558. The molecular weight excluding hydrogens is 230 g/mol. The number of hydrogen-bond donors (Lipinski definition) is 2. The van der Waals surface area contributed by atoms with Crippen molar-refractivity contribution < 1.29 is 9.53 Å². The Morgan fingerprint density at radius 3 is 3.33 bits per heavy atom. The molecule has 5 heteroatoms. The average molecular weight is 245 g/mol. The number of rotatable bonds is 3. The van der Waals surface area contributed by atoms with Crippen molar-refractivity contribution in [2.45, 2.75) is 6.42 Å². The molecule has 18 heavy (non-hydrogen) atoms. The number of para-hydroxylation sites is 1. The third-order valence-electron chi connectivity index (χ3n) is 3.30. The number of nitrogens with zero attached hydrogens (tertiary/aromatic N) is 1. The molecule has 1 amide bonds. The number of H-pyrrole nitrogens is 1. The van der Waals surface area contributed by atoms with Gasteiger partial charge in [0.15, 0.2) is 0 Å². The number of benzene rings is 1. The first kappa shape index (κ1) is 11.2. The highest BCUT2D eigenvalue weighted by atomic mass is 16.5. The lowest BCUT2D eigenvalue weighted by Crippen LogP contribution is -2.29. The minimum atomic E-state index is -0.0586. The first-order valence-electron chi connectivity index (χ1n) is 6.12. The predicted octanol–water partition coefficient (Wildman–Crippen LogP) is 1.33. The smallest absolute Gasteiger partial charge is 0.253 e. The van der Waals surface area contributed by atoms with Crippen LogP contribution in [0.5, 0.6) is 0 Å². The Labute approximate surface area is 105 Å². The molecule has 2 N–H and O–H groups in total. The summed E-state index contributed by atoms with van der Waals surface area (Å²) >= 11 is 0. The zero-order valence-corrected chi connectivity index (χ0v) is 9.98. The van der Waals surface area contributed by atoms with E-state index in [1.807, 2.05) is 12.1 Å². The molecule has 1 fully saturated rings. The molecule has 5 nitrogen and oxygen atoms in total. The third kappa shape index (κ3) is 2.09. The maximum atomic E-state index is 12.1. The summed E-state index contributed by atoms with van der Waals surface area (Å²) in [6, 6.07) is 5.60. The van der Waals surface area contributed by atoms with Gasteiger partial charge in [-0.3, -0.25) is 9.89 Å². The molecule has 0 bridgehead atoms. The molecule has 0 unspecified atom stereocenters. The van der Waals surface area contributed by atoms with Gasteiger partial charge in [0.25, 0.3) is 5.91 Å². The third-order valence-corrected chi connectivity index (χ3v) is 3.30. The summed E-state index contributed by atoms with van der Waals surface area (Å²) in [4.78, 5) is 12.1. The summed E-state index contributed by atoms with van der Waals surface area (Å²) in [5.41, 5.74) is 1.43. The summed E-state index contributed by atoms with van der Waals surface area (Å²) in [5.74, 6) is 0.381. The van der Waals surface area contributed by atoms with Gasteiger partial charge in [-0.15, -0.1) is 0 Å². The van der Waals surface area contributed by atoms with Crippen molar-refractivity contribution >= 4 is 16.8 Å². The standard InChI is InChI=1S/C13H15N3O2/c17-13(14-6-9-4-5-18-8-9)11-3-1-2-10-7-15-16-12(10)11/h1-3,7,9H,4-6,8H2,(H,14,17)(H,15,16)/t9-/m1/s1. The maximum absolute atomic E-state index is 12.1. The number of amides is 1. The molecule has 0 aliphatic carbocycles. The van der Waals surface area contributed by atoms with Gasteiger partial charge >= 0.3 is 0 Å². The number of aromatic amines is 1. The summed E-state index contributed by atoms with van der Waals surface area (Å²) < 4.78 is 5.29. The summed E-state index contributed by atoms with van der Waals surface area (Å²) in [6.07, 6.45) is 2.74. The molecule has 1 aromatic heterocycles. The highest BCUT2D eigenvalue weighted by molar-refractivity contribution is 6.05. The van der Waals surface area contributed by atoms with Crippen LogP contribution in [-0.2, 0) is 4.74 Å². The SMILES string of the molecule is O=C(NC[C@H]1CCOC1)c1cccc2cn[nH]c12. The van der Waals surface area contributed by atoms with E-state index in [1.54, 1.807) is 12.3 Å². The van der Waals surface area contributed by atoms with Gasteiger partial charge in [-0.05, 0) is 12.5 Å². The zero-order chi connectivity index (χ0) is 12.4. The molecule has 94 valence electrons. The highest BCUT2D eigenvalue weighted by Gasteiger charge is 2.17. The van der Waals surface area contributed by atoms with Gasteiger partial charge in [-0.2, -0.15) is 5.10 Å². The fourth-order valence-electron chi connectivity index (χ4n) is 2.23. The molecule has 0 spiro atoms. The first-order valence-corrected chi connectivity index (χ1v) is 6.12. The van der Waals surface area contributed by atoms with Gasteiger partial charge in [-0.1, -0.05) is 12.1 Å². The minimum absolute atomic E-state index is 0.0586. The van der Waals surface area contributed by atoms with Crippen molar-refractivity contribution in [2.24, 2.45) is 5.92 Å². The zero-order valence-electron chi connectivity index (χ0n) is 9.98. The molecule has 1 aromatic carbocycles. The molecule has 0 saturated carbocycles. The van der Waals surface area contributed by atoms with E-state index in [9.17, 15) is 4.79 Å². The van der Waals surface area contributed by atoms with Crippen LogP contribution >= 0.6 is 0 Å². The normalized spacial score (nSPS) is 19.2. The van der Waals surface area contributed by atoms with Crippen LogP contribution in [0.15, 0.2) is 24.4 Å². The Morgan fingerprint density at radius 2 is 2.50 bits per heavy atom. The van der Waals surface area contributed by atoms with E-state index < -0.39 is 0 Å². The van der Waals surface area contributed by atoms with Crippen molar-refractivity contribution in [3.63, 3.8) is 0 Å². The molecule has 1 saturated heterocycles. The second-order valence-electron chi connectivity index (χ2n) is 4.58. The first-order chi connectivity index (χ1) is 8.84. The van der Waals surface area contributed by atoms with E-state index in [2.05, 4.69) is 15.5 Å². The number of hydrogen-bond acceptors (Lipinski definition) is 3. The van der Waals surface area contributed by atoms with Crippen LogP contribution in [0.3, 0.4) is 0 Å². The number of aromatic nitrogens is 2. The Kier molecular flexibility index (Phi) is 2.98. The lowest BCUT2D eigenvalue weighted by atomic mass is 10.1. The second kappa shape index (κ2) is 4.78. The largest absolute Gasteiger partial charge is 0.381 e. The van der Waals surface area contributed by atoms with Crippen molar-refractivity contribution in [1.29, 1.82) is 0 Å². The molecule has 1 atom stereocenters. The number of carbonyl (C=O) groups is 1. The van der Waals surface area contributed by atoms with E-state index in [0.717, 1.165) is 30.5 Å². The van der Waals surface area contributed by atoms with Crippen molar-refractivity contribution in [2.75, 3.05) is 19.8 Å². The van der Waals surface area contributed by atoms with Crippen molar-refractivity contribution in [3.05, 3.63) is 30.0 Å². The van der Waals surface area contributed by atoms with E-state index in [1.165, 1.54) is 0 Å². The van der Waals surface area contributed by atoms with Gasteiger partial charge in [-0.25, -0.2) is 0 Å². The van der Waals surface area contributed by atoms with Gasteiger partial charge in [0.2, 0.25) is 0 Å². The number of carbonyl (C=O) groups excluding carboxylic acids is 1. The van der Waals surface area contributed by atoms with Gasteiger partial charge in [0.05, 0.1) is 23.9 Å². The van der Waals surface area contributed by atoms with Crippen LogP contribution < -0.4 is 5.32 Å². The lowest BCUT2D eigenvalue weighted by Gasteiger charge is -2.09. The molecule has 2 heterocycles. The monoisotopic (exact) mass is 245 g/mol. The Morgan fingerprint density at radius 1 is 1.56 bits per heavy atom. The average Bonchev–Trinajstić information content (AvgIpc) is 3.05. The number of ether oxygens (including phenoxy) is 1. The van der Waals surface area contributed by atoms with E-state index >= 15 is 0 Å². The fraction of sp³-hybridized carbons (Fsp3) is 0.385. The summed E-state index contributed by atoms with van der Waals surface area (Å²) in [7, 11) is 0. The molecule has 1 aliphatic heterocycles. The van der Waals surface area contributed by atoms with Crippen LogP contribution in [-0.4, -0.2) is 35.9 Å². The van der Waals surface area contributed by atoms with Crippen LogP contribution in [0.4, 0.5) is 0 Å². The van der Waals surface area contributed by atoms with Crippen LogP contribution in [0.2, 0.25) is 0 Å². The summed E-state index contributed by atoms with van der Waals surface area (Å²) in [6.45, 7) is 2.22. The van der Waals surface area contributed by atoms with Crippen LogP contribution in [0, 0.1) is 5.92 Å².